The summed E-state index contributed by atoms with van der Waals surface area (Å²) in [7, 11) is 1.45. The quantitative estimate of drug-likeness (QED) is 0.434. The van der Waals surface area contributed by atoms with Crippen molar-refractivity contribution in [3.8, 4) is 0 Å². The first-order valence-corrected chi connectivity index (χ1v) is 11.6. The van der Waals surface area contributed by atoms with Gasteiger partial charge in [0.25, 0.3) is 5.56 Å². The monoisotopic (exact) mass is 455 g/mol. The lowest BCUT2D eigenvalue weighted by Crippen LogP contribution is -2.39. The van der Waals surface area contributed by atoms with Gasteiger partial charge in [-0.25, -0.2) is 14.8 Å². The van der Waals surface area contributed by atoms with E-state index in [-0.39, 0.29) is 23.0 Å². The number of para-hydroxylation sites is 1. The standard InChI is InChI=1S/C23H29N5O3S/c1-7-16-10-8-9-14(4)19(16)26-17(29)12-32-21-18-20(24-15(5)25-21)28(11-13(2)3)23(31)27(6)22(18)30/h8-10,13H,7,11-12H2,1-6H3,(H,26,29). The molecule has 0 atom stereocenters. The number of hydrogen-bond donors (Lipinski definition) is 1. The number of anilines is 1. The van der Waals surface area contributed by atoms with Gasteiger partial charge in [-0.15, -0.1) is 0 Å². The van der Waals surface area contributed by atoms with Crippen LogP contribution in [0.15, 0.2) is 32.8 Å². The van der Waals surface area contributed by atoms with Crippen LogP contribution in [-0.2, 0) is 24.8 Å². The number of thioether (sulfide) groups is 1. The summed E-state index contributed by atoms with van der Waals surface area (Å²) in [5.74, 6) is 0.524. The van der Waals surface area contributed by atoms with E-state index < -0.39 is 11.2 Å². The Hall–Kier alpha value is -2.94. The third-order valence-corrected chi connectivity index (χ3v) is 6.13. The van der Waals surface area contributed by atoms with Crippen molar-refractivity contribution in [3.63, 3.8) is 0 Å². The van der Waals surface area contributed by atoms with Crippen LogP contribution in [0, 0.1) is 19.8 Å². The van der Waals surface area contributed by atoms with Crippen LogP contribution in [0.4, 0.5) is 5.69 Å². The molecule has 0 saturated heterocycles. The summed E-state index contributed by atoms with van der Waals surface area (Å²) in [5, 5.41) is 3.66. The van der Waals surface area contributed by atoms with Gasteiger partial charge in [-0.1, -0.05) is 50.7 Å². The average Bonchev–Trinajstić information content (AvgIpc) is 2.74. The molecule has 2 heterocycles. The first-order valence-electron chi connectivity index (χ1n) is 10.6. The molecule has 32 heavy (non-hydrogen) atoms. The summed E-state index contributed by atoms with van der Waals surface area (Å²) in [5.41, 5.74) is 2.34. The van der Waals surface area contributed by atoms with Crippen LogP contribution >= 0.6 is 11.8 Å². The van der Waals surface area contributed by atoms with Crippen LogP contribution in [-0.4, -0.2) is 30.8 Å². The molecule has 8 nitrogen and oxygen atoms in total. The fraction of sp³-hybridized carbons (Fsp3) is 0.435. The molecule has 0 aliphatic heterocycles. The van der Waals surface area contributed by atoms with E-state index in [1.165, 1.54) is 23.4 Å². The Morgan fingerprint density at radius 2 is 1.91 bits per heavy atom. The van der Waals surface area contributed by atoms with Crippen molar-refractivity contribution in [3.05, 3.63) is 56.0 Å². The lowest BCUT2D eigenvalue weighted by molar-refractivity contribution is -0.113. The highest BCUT2D eigenvalue weighted by Gasteiger charge is 2.19. The summed E-state index contributed by atoms with van der Waals surface area (Å²) in [6.07, 6.45) is 0.809. The maximum Gasteiger partial charge on any atom is 0.332 e. The van der Waals surface area contributed by atoms with E-state index >= 15 is 0 Å². The molecule has 3 aromatic rings. The van der Waals surface area contributed by atoms with Crippen molar-refractivity contribution < 1.29 is 4.79 Å². The zero-order chi connectivity index (χ0) is 23.6. The van der Waals surface area contributed by atoms with Crippen LogP contribution in [0.2, 0.25) is 0 Å². The molecule has 0 fully saturated rings. The molecule has 1 amide bonds. The molecule has 0 aliphatic rings. The Kier molecular flexibility index (Phi) is 7.18. The van der Waals surface area contributed by atoms with Crippen molar-refractivity contribution in [2.24, 2.45) is 13.0 Å². The molecule has 0 aliphatic carbocycles. The Bertz CT molecular complexity index is 1290. The molecule has 0 unspecified atom stereocenters. The number of aromatic nitrogens is 4. The number of nitrogens with zero attached hydrogens (tertiary/aromatic N) is 4. The molecule has 1 N–H and O–H groups in total. The molecule has 0 radical (unpaired) electrons. The zero-order valence-corrected chi connectivity index (χ0v) is 20.2. The van der Waals surface area contributed by atoms with Gasteiger partial charge in [0.2, 0.25) is 5.91 Å². The van der Waals surface area contributed by atoms with E-state index in [2.05, 4.69) is 15.3 Å². The highest BCUT2D eigenvalue weighted by molar-refractivity contribution is 8.00. The predicted octanol–water partition coefficient (Wildman–Crippen LogP) is 3.06. The second-order valence-electron chi connectivity index (χ2n) is 8.23. The number of rotatable bonds is 7. The fourth-order valence-corrected chi connectivity index (χ4v) is 4.45. The highest BCUT2D eigenvalue weighted by Crippen LogP contribution is 2.25. The van der Waals surface area contributed by atoms with Crippen LogP contribution in [0.25, 0.3) is 11.0 Å². The molecular weight excluding hydrogens is 426 g/mol. The third kappa shape index (κ3) is 4.77. The summed E-state index contributed by atoms with van der Waals surface area (Å²) in [6, 6.07) is 5.93. The number of benzene rings is 1. The van der Waals surface area contributed by atoms with Gasteiger partial charge in [-0.3, -0.25) is 18.7 Å². The van der Waals surface area contributed by atoms with E-state index in [1.807, 2.05) is 45.9 Å². The lowest BCUT2D eigenvalue weighted by Gasteiger charge is -2.15. The Morgan fingerprint density at radius 3 is 2.56 bits per heavy atom. The Morgan fingerprint density at radius 1 is 1.19 bits per heavy atom. The maximum absolute atomic E-state index is 12.9. The van der Waals surface area contributed by atoms with Gasteiger partial charge < -0.3 is 5.32 Å². The van der Waals surface area contributed by atoms with Crippen LogP contribution in [0.5, 0.6) is 0 Å². The molecule has 170 valence electrons. The molecule has 1 aromatic carbocycles. The highest BCUT2D eigenvalue weighted by atomic mass is 32.2. The second kappa shape index (κ2) is 9.68. The van der Waals surface area contributed by atoms with E-state index in [0.717, 1.165) is 27.8 Å². The number of nitrogens with one attached hydrogen (secondary N) is 1. The minimum atomic E-state index is -0.458. The molecule has 0 spiro atoms. The Balaban J connectivity index is 1.98. The van der Waals surface area contributed by atoms with Gasteiger partial charge in [0.05, 0.1) is 5.75 Å². The van der Waals surface area contributed by atoms with Gasteiger partial charge in [0.15, 0.2) is 5.65 Å². The van der Waals surface area contributed by atoms with Crippen molar-refractivity contribution in [1.82, 2.24) is 19.1 Å². The van der Waals surface area contributed by atoms with Crippen molar-refractivity contribution in [2.75, 3.05) is 11.1 Å². The number of fused-ring (bicyclic) bond motifs is 1. The van der Waals surface area contributed by atoms with E-state index in [1.54, 1.807) is 6.92 Å². The first kappa shape index (κ1) is 23.7. The van der Waals surface area contributed by atoms with Crippen LogP contribution in [0.3, 0.4) is 0 Å². The molecule has 0 bridgehead atoms. The second-order valence-corrected chi connectivity index (χ2v) is 9.19. The van der Waals surface area contributed by atoms with Crippen LogP contribution in [0.1, 0.15) is 37.7 Å². The molecule has 2 aromatic heterocycles. The summed E-state index contributed by atoms with van der Waals surface area (Å²) in [6.45, 7) is 10.1. The molecular formula is C23H29N5O3S. The lowest BCUT2D eigenvalue weighted by atomic mass is 10.1. The number of hydrogen-bond acceptors (Lipinski definition) is 6. The van der Waals surface area contributed by atoms with Crippen molar-refractivity contribution in [1.29, 1.82) is 0 Å². The van der Waals surface area contributed by atoms with E-state index in [4.69, 9.17) is 0 Å². The van der Waals surface area contributed by atoms with E-state index in [9.17, 15) is 14.4 Å². The average molecular weight is 456 g/mol. The minimum absolute atomic E-state index is 0.0789. The van der Waals surface area contributed by atoms with Crippen molar-refractivity contribution >= 4 is 34.4 Å². The van der Waals surface area contributed by atoms with Gasteiger partial charge in [0, 0.05) is 19.3 Å². The number of carbonyl (C=O) groups excluding carboxylic acids is 1. The van der Waals surface area contributed by atoms with Crippen molar-refractivity contribution in [2.45, 2.75) is 52.6 Å². The minimum Gasteiger partial charge on any atom is -0.325 e. The van der Waals surface area contributed by atoms with Crippen LogP contribution < -0.4 is 16.6 Å². The predicted molar refractivity (Wildman–Crippen MR) is 129 cm³/mol. The smallest absolute Gasteiger partial charge is 0.325 e. The summed E-state index contributed by atoms with van der Waals surface area (Å²) < 4.78 is 2.59. The fourth-order valence-electron chi connectivity index (χ4n) is 3.59. The van der Waals surface area contributed by atoms with Gasteiger partial charge >= 0.3 is 5.69 Å². The van der Waals surface area contributed by atoms with E-state index in [0.29, 0.717) is 23.0 Å². The normalized spacial score (nSPS) is 11.3. The van der Waals surface area contributed by atoms with Gasteiger partial charge in [-0.2, -0.15) is 0 Å². The SMILES string of the molecule is CCc1cccc(C)c1NC(=O)CSc1nc(C)nc2c1c(=O)n(C)c(=O)n2CC(C)C. The largest absolute Gasteiger partial charge is 0.332 e. The number of aryl methyl sites for hydroxylation is 3. The topological polar surface area (TPSA) is 98.9 Å². The molecule has 3 rings (SSSR count). The molecule has 9 heteroatoms. The third-order valence-electron chi connectivity index (χ3n) is 5.15. The Labute approximate surface area is 191 Å². The zero-order valence-electron chi connectivity index (χ0n) is 19.4. The number of carbonyl (C=O) groups is 1. The van der Waals surface area contributed by atoms with Gasteiger partial charge in [0.1, 0.15) is 16.2 Å². The molecule has 0 saturated carbocycles. The number of amides is 1. The summed E-state index contributed by atoms with van der Waals surface area (Å²) in [4.78, 5) is 47.2. The van der Waals surface area contributed by atoms with Gasteiger partial charge in [-0.05, 0) is 37.3 Å². The first-order chi connectivity index (χ1) is 15.1. The summed E-state index contributed by atoms with van der Waals surface area (Å²) >= 11 is 1.18. The maximum atomic E-state index is 12.9.